The summed E-state index contributed by atoms with van der Waals surface area (Å²) in [6, 6.07) is 11.9. The fraction of sp³-hybridized carbons (Fsp3) is 0.391. The van der Waals surface area contributed by atoms with Crippen molar-refractivity contribution in [3.63, 3.8) is 0 Å². The van der Waals surface area contributed by atoms with Crippen molar-refractivity contribution in [1.29, 1.82) is 0 Å². The van der Waals surface area contributed by atoms with Gasteiger partial charge in [0, 0.05) is 49.1 Å². The molecule has 2 aromatic carbocycles. The van der Waals surface area contributed by atoms with E-state index in [9.17, 15) is 17.6 Å². The molecule has 0 bridgehead atoms. The van der Waals surface area contributed by atoms with Gasteiger partial charge >= 0.3 is 6.18 Å². The van der Waals surface area contributed by atoms with Gasteiger partial charge in [0.05, 0.1) is 5.56 Å². The highest BCUT2D eigenvalue weighted by Crippen LogP contribution is 2.47. The largest absolute Gasteiger partial charge is 0.416 e. The second-order valence-electron chi connectivity index (χ2n) is 7.59. The predicted octanol–water partition coefficient (Wildman–Crippen LogP) is 5.58. The Balaban J connectivity index is 1.55. The summed E-state index contributed by atoms with van der Waals surface area (Å²) in [5.41, 5.74) is 1.90. The zero-order chi connectivity index (χ0) is 21.1. The van der Waals surface area contributed by atoms with Crippen molar-refractivity contribution in [2.24, 2.45) is 0 Å². The number of hydrogen-bond donors (Lipinski definition) is 0. The van der Waals surface area contributed by atoms with Crippen LogP contribution in [0.25, 0.3) is 5.57 Å². The standard InChI is InChI=1S/C23H24F4N2S/c24-9-11-29-14-12-28(13-15-29)10-3-5-18-19-4-1-2-6-21(19)30-22-8-7-17(16-20(18)22)23(25,26)27/h1-2,4-8,16H,3,9-15H2/b18-5-. The highest BCUT2D eigenvalue weighted by Gasteiger charge is 2.32. The summed E-state index contributed by atoms with van der Waals surface area (Å²) in [7, 11) is 0. The molecule has 2 aliphatic heterocycles. The van der Waals surface area contributed by atoms with Gasteiger partial charge in [-0.3, -0.25) is 4.90 Å². The number of halogens is 4. The Morgan fingerprint density at radius 2 is 1.53 bits per heavy atom. The Labute approximate surface area is 178 Å². The SMILES string of the molecule is FCCN1CCN(CC/C=C2/c3ccccc3Sc3ccc(C(F)(F)F)cc32)CC1. The minimum Gasteiger partial charge on any atom is -0.300 e. The first-order valence-corrected chi connectivity index (χ1v) is 11.0. The van der Waals surface area contributed by atoms with E-state index in [1.807, 2.05) is 24.3 Å². The van der Waals surface area contributed by atoms with Gasteiger partial charge in [-0.2, -0.15) is 13.2 Å². The van der Waals surface area contributed by atoms with Gasteiger partial charge < -0.3 is 4.90 Å². The molecule has 30 heavy (non-hydrogen) atoms. The molecule has 1 fully saturated rings. The quantitative estimate of drug-likeness (QED) is 0.482. The van der Waals surface area contributed by atoms with Gasteiger partial charge in [0.1, 0.15) is 6.67 Å². The summed E-state index contributed by atoms with van der Waals surface area (Å²) < 4.78 is 52.4. The Bertz CT molecular complexity index is 918. The van der Waals surface area contributed by atoms with Crippen molar-refractivity contribution in [1.82, 2.24) is 9.80 Å². The number of nitrogens with zero attached hydrogens (tertiary/aromatic N) is 2. The van der Waals surface area contributed by atoms with Crippen molar-refractivity contribution < 1.29 is 17.6 Å². The Morgan fingerprint density at radius 3 is 2.23 bits per heavy atom. The molecule has 1 saturated heterocycles. The molecule has 2 aromatic rings. The third kappa shape index (κ3) is 4.74. The number of fused-ring (bicyclic) bond motifs is 2. The van der Waals surface area contributed by atoms with Crippen molar-refractivity contribution in [3.05, 3.63) is 65.2 Å². The third-order valence-corrected chi connectivity index (χ3v) is 6.81. The Morgan fingerprint density at radius 1 is 0.867 bits per heavy atom. The second-order valence-corrected chi connectivity index (χ2v) is 8.67. The summed E-state index contributed by atoms with van der Waals surface area (Å²) in [5, 5.41) is 0. The maximum Gasteiger partial charge on any atom is 0.416 e. The molecule has 4 rings (SSSR count). The molecule has 0 atom stereocenters. The molecular formula is C23H24F4N2S. The summed E-state index contributed by atoms with van der Waals surface area (Å²) in [4.78, 5) is 6.38. The maximum atomic E-state index is 13.3. The van der Waals surface area contributed by atoms with Crippen LogP contribution in [0.1, 0.15) is 23.1 Å². The topological polar surface area (TPSA) is 6.48 Å². The molecule has 160 valence electrons. The molecule has 0 N–H and O–H groups in total. The second kappa shape index (κ2) is 9.12. The van der Waals surface area contributed by atoms with Gasteiger partial charge in [-0.1, -0.05) is 36.0 Å². The molecule has 2 nitrogen and oxygen atoms in total. The van der Waals surface area contributed by atoms with Crippen LogP contribution in [0.4, 0.5) is 17.6 Å². The lowest BCUT2D eigenvalue weighted by molar-refractivity contribution is -0.137. The zero-order valence-corrected chi connectivity index (χ0v) is 17.4. The van der Waals surface area contributed by atoms with Crippen LogP contribution in [0.15, 0.2) is 58.3 Å². The summed E-state index contributed by atoms with van der Waals surface area (Å²) >= 11 is 1.52. The number of hydrogen-bond acceptors (Lipinski definition) is 3. The van der Waals surface area contributed by atoms with Gasteiger partial charge in [-0.15, -0.1) is 0 Å². The van der Waals surface area contributed by atoms with E-state index in [1.165, 1.54) is 17.8 Å². The van der Waals surface area contributed by atoms with Crippen LogP contribution >= 0.6 is 11.8 Å². The van der Waals surface area contributed by atoms with Crippen LogP contribution in [0.3, 0.4) is 0 Å². The molecule has 7 heteroatoms. The first-order valence-electron chi connectivity index (χ1n) is 10.2. The average molecular weight is 437 g/mol. The first-order chi connectivity index (χ1) is 14.5. The Hall–Kier alpha value is -1.83. The van der Waals surface area contributed by atoms with E-state index in [2.05, 4.69) is 15.9 Å². The zero-order valence-electron chi connectivity index (χ0n) is 16.6. The van der Waals surface area contributed by atoms with Crippen LogP contribution in [-0.2, 0) is 6.18 Å². The molecular weight excluding hydrogens is 412 g/mol. The highest BCUT2D eigenvalue weighted by molar-refractivity contribution is 7.99. The maximum absolute atomic E-state index is 13.3. The van der Waals surface area contributed by atoms with Gasteiger partial charge in [0.15, 0.2) is 0 Å². The fourth-order valence-corrected chi connectivity index (χ4v) is 5.10. The third-order valence-electron chi connectivity index (χ3n) is 5.65. The predicted molar refractivity (Wildman–Crippen MR) is 113 cm³/mol. The average Bonchev–Trinajstić information content (AvgIpc) is 2.73. The molecule has 2 heterocycles. The number of alkyl halides is 4. The fourth-order valence-electron chi connectivity index (χ4n) is 4.01. The highest BCUT2D eigenvalue weighted by atomic mass is 32.2. The number of rotatable bonds is 5. The van der Waals surface area contributed by atoms with Gasteiger partial charge in [-0.05, 0) is 47.4 Å². The first kappa shape index (κ1) is 21.4. The van der Waals surface area contributed by atoms with Crippen LogP contribution in [-0.4, -0.2) is 55.7 Å². The van der Waals surface area contributed by atoms with E-state index in [0.29, 0.717) is 12.1 Å². The van der Waals surface area contributed by atoms with E-state index >= 15 is 0 Å². The number of benzene rings is 2. The smallest absolute Gasteiger partial charge is 0.300 e. The Kier molecular flexibility index (Phi) is 6.51. The number of piperazine rings is 1. The van der Waals surface area contributed by atoms with E-state index in [-0.39, 0.29) is 6.67 Å². The van der Waals surface area contributed by atoms with Crippen LogP contribution in [0.5, 0.6) is 0 Å². The molecule has 0 amide bonds. The van der Waals surface area contributed by atoms with E-state index < -0.39 is 11.7 Å². The molecule has 0 aromatic heterocycles. The van der Waals surface area contributed by atoms with Crippen LogP contribution < -0.4 is 0 Å². The molecule has 2 aliphatic rings. The molecule has 0 saturated carbocycles. The van der Waals surface area contributed by atoms with E-state index in [0.717, 1.165) is 66.1 Å². The monoisotopic (exact) mass is 436 g/mol. The minimum atomic E-state index is -4.36. The van der Waals surface area contributed by atoms with E-state index in [1.54, 1.807) is 6.07 Å². The molecule has 0 spiro atoms. The summed E-state index contributed by atoms with van der Waals surface area (Å²) in [5.74, 6) is 0. The van der Waals surface area contributed by atoms with Gasteiger partial charge in [0.2, 0.25) is 0 Å². The van der Waals surface area contributed by atoms with Gasteiger partial charge in [0.25, 0.3) is 0 Å². The minimum absolute atomic E-state index is 0.317. The lowest BCUT2D eigenvalue weighted by atomic mass is 9.94. The summed E-state index contributed by atoms with van der Waals surface area (Å²) in [6.45, 7) is 4.52. The molecule has 0 aliphatic carbocycles. The van der Waals surface area contributed by atoms with Crippen LogP contribution in [0, 0.1) is 0 Å². The van der Waals surface area contributed by atoms with Crippen molar-refractivity contribution in [2.75, 3.05) is 45.9 Å². The summed E-state index contributed by atoms with van der Waals surface area (Å²) in [6.07, 6.45) is -1.53. The molecule has 0 radical (unpaired) electrons. The molecule has 0 unspecified atom stereocenters. The lowest BCUT2D eigenvalue weighted by Crippen LogP contribution is -2.47. The van der Waals surface area contributed by atoms with Crippen molar-refractivity contribution in [2.45, 2.75) is 22.4 Å². The normalized spacial score (nSPS) is 19.0. The van der Waals surface area contributed by atoms with Crippen LogP contribution in [0.2, 0.25) is 0 Å². The van der Waals surface area contributed by atoms with Gasteiger partial charge in [-0.25, -0.2) is 4.39 Å². The van der Waals surface area contributed by atoms with Crippen molar-refractivity contribution >= 4 is 17.3 Å². The van der Waals surface area contributed by atoms with Crippen molar-refractivity contribution in [3.8, 4) is 0 Å². The van der Waals surface area contributed by atoms with E-state index in [4.69, 9.17) is 0 Å². The lowest BCUT2D eigenvalue weighted by Gasteiger charge is -2.34.